The van der Waals surface area contributed by atoms with Crippen molar-refractivity contribution in [1.82, 2.24) is 0 Å². The van der Waals surface area contributed by atoms with E-state index in [9.17, 15) is 0 Å². The first-order valence-electron chi connectivity index (χ1n) is 16.6. The Kier molecular flexibility index (Phi) is 10.6. The van der Waals surface area contributed by atoms with Gasteiger partial charge in [0.15, 0.2) is 0 Å². The molecule has 4 heteroatoms. The Morgan fingerprint density at radius 1 is 0.729 bits per heavy atom. The first-order valence-corrected chi connectivity index (χ1v) is 20.3. The fourth-order valence-electron chi connectivity index (χ4n) is 7.42. The summed E-state index contributed by atoms with van der Waals surface area (Å²) in [5.41, 5.74) is 14.2. The van der Waals surface area contributed by atoms with E-state index in [0.717, 1.165) is 6.42 Å². The quantitative estimate of drug-likeness (QED) is 0.252. The minimum Gasteiger partial charge on any atom is -1.00 e. The van der Waals surface area contributed by atoms with Crippen molar-refractivity contribution in [3.05, 3.63) is 164 Å². The fraction of sp³-hybridized carbons (Fsp3) is 0.250. The van der Waals surface area contributed by atoms with Crippen LogP contribution in [0, 0.1) is 5.92 Å². The largest absolute Gasteiger partial charge is 1.00 e. The van der Waals surface area contributed by atoms with Crippen molar-refractivity contribution in [2.45, 2.75) is 65.7 Å². The van der Waals surface area contributed by atoms with Gasteiger partial charge in [0.25, 0.3) is 0 Å². The van der Waals surface area contributed by atoms with Gasteiger partial charge in [0.05, 0.1) is 0 Å². The van der Waals surface area contributed by atoms with E-state index < -0.39 is 21.3 Å². The molecule has 244 valence electrons. The summed E-state index contributed by atoms with van der Waals surface area (Å²) in [7, 11) is 0. The summed E-state index contributed by atoms with van der Waals surface area (Å²) in [4.78, 5) is 0. The molecule has 4 aromatic carbocycles. The Bertz CT molecular complexity index is 1980. The SMILES string of the molecule is CC1C=CC(c2ccoc2)=[C]1[Zr+2](=[C](c1ccccc1)c1ccccc1)[c]1c(C(C)(C)C)ccc2c1Cc1cc(C(C)(C)C)ccc1-2.[Cl-].[Cl-]. The van der Waals surface area contributed by atoms with E-state index in [2.05, 4.69) is 158 Å². The van der Waals surface area contributed by atoms with Gasteiger partial charge >= 0.3 is 284 Å². The second kappa shape index (κ2) is 14.1. The van der Waals surface area contributed by atoms with Crippen molar-refractivity contribution in [1.29, 1.82) is 0 Å². The standard InChI is InChI=1S/C21H25.C13H10.C10H9O.2ClH.Zr/c1-20(2,3)16-7-9-18-14(12-16)11-15-13-17(21(4,5)6)8-10-19(15)18;1-3-7-12(8-4-1)11-13-9-5-2-6-10-13;1-8-2-3-9(6-8)10-4-5-11-7-10;;;/h7-10,12H,11H2,1-6H3;1-10H;2-5,7-8H,1H3;2*1H;/q;;;;;+2/p-2. The van der Waals surface area contributed by atoms with Crippen molar-refractivity contribution in [3.63, 3.8) is 0 Å². The normalized spacial score (nSPS) is 14.8. The zero-order valence-corrected chi connectivity index (χ0v) is 33.0. The molecule has 1 aromatic heterocycles. The molecule has 0 aliphatic heterocycles. The Labute approximate surface area is 307 Å². The summed E-state index contributed by atoms with van der Waals surface area (Å²) >= 11 is -3.05. The van der Waals surface area contributed by atoms with E-state index in [1.807, 2.05) is 12.5 Å². The number of rotatable bonds is 5. The van der Waals surface area contributed by atoms with E-state index >= 15 is 0 Å². The van der Waals surface area contributed by atoms with Crippen LogP contribution in [0.3, 0.4) is 0 Å². The molecule has 0 saturated heterocycles. The van der Waals surface area contributed by atoms with Crippen LogP contribution >= 0.6 is 0 Å². The van der Waals surface area contributed by atoms with Crippen LogP contribution in [0.4, 0.5) is 0 Å². The number of allylic oxidation sites excluding steroid dienone is 4. The van der Waals surface area contributed by atoms with Crippen LogP contribution in [-0.2, 0) is 38.5 Å². The van der Waals surface area contributed by atoms with Crippen LogP contribution in [0.5, 0.6) is 0 Å². The Morgan fingerprint density at radius 3 is 1.92 bits per heavy atom. The summed E-state index contributed by atoms with van der Waals surface area (Å²) < 4.78 is 10.6. The molecular weight excluding hydrogens is 707 g/mol. The average Bonchev–Trinajstić information content (AvgIpc) is 3.78. The van der Waals surface area contributed by atoms with Gasteiger partial charge < -0.3 is 24.8 Å². The predicted molar refractivity (Wildman–Crippen MR) is 192 cm³/mol. The molecular formula is C44H44Cl2OZr. The second-order valence-corrected chi connectivity index (χ2v) is 20.7. The molecule has 2 aliphatic carbocycles. The van der Waals surface area contributed by atoms with Gasteiger partial charge in [-0.2, -0.15) is 0 Å². The predicted octanol–water partition coefficient (Wildman–Crippen LogP) is 4.58. The Morgan fingerprint density at radius 2 is 1.35 bits per heavy atom. The average molecular weight is 751 g/mol. The van der Waals surface area contributed by atoms with Crippen molar-refractivity contribution in [2.24, 2.45) is 5.92 Å². The molecule has 0 amide bonds. The third-order valence-electron chi connectivity index (χ3n) is 9.77. The smallest absolute Gasteiger partial charge is 1.00 e. The molecule has 0 radical (unpaired) electrons. The first-order chi connectivity index (χ1) is 22.0. The number of hydrogen-bond acceptors (Lipinski definition) is 1. The number of halogens is 2. The zero-order chi connectivity index (χ0) is 32.2. The van der Waals surface area contributed by atoms with Gasteiger partial charge in [-0.25, -0.2) is 0 Å². The number of fused-ring (bicyclic) bond motifs is 3. The topological polar surface area (TPSA) is 13.1 Å². The van der Waals surface area contributed by atoms with Gasteiger partial charge in [0.2, 0.25) is 0 Å². The zero-order valence-electron chi connectivity index (χ0n) is 29.0. The van der Waals surface area contributed by atoms with Crippen LogP contribution in [0.25, 0.3) is 16.7 Å². The number of benzene rings is 4. The second-order valence-electron chi connectivity index (χ2n) is 15.0. The van der Waals surface area contributed by atoms with Crippen LogP contribution in [0.1, 0.15) is 87.4 Å². The molecule has 1 heterocycles. The molecule has 1 nitrogen and oxygen atoms in total. The van der Waals surface area contributed by atoms with Gasteiger partial charge in [-0.15, -0.1) is 0 Å². The molecule has 0 N–H and O–H groups in total. The number of hydrogen-bond donors (Lipinski definition) is 0. The van der Waals surface area contributed by atoms with Crippen molar-refractivity contribution in [2.75, 3.05) is 0 Å². The van der Waals surface area contributed by atoms with Crippen LogP contribution < -0.4 is 28.1 Å². The van der Waals surface area contributed by atoms with Crippen molar-refractivity contribution >= 4 is 12.1 Å². The molecule has 5 aromatic rings. The molecule has 0 bridgehead atoms. The molecule has 7 rings (SSSR count). The monoisotopic (exact) mass is 748 g/mol. The summed E-state index contributed by atoms with van der Waals surface area (Å²) in [6, 6.07) is 36.9. The van der Waals surface area contributed by atoms with Gasteiger partial charge in [-0.1, -0.05) is 0 Å². The molecule has 0 fully saturated rings. The third-order valence-corrected chi connectivity index (χ3v) is 18.2. The maximum Gasteiger partial charge on any atom is -1.00 e. The van der Waals surface area contributed by atoms with E-state index in [1.165, 1.54) is 50.1 Å². The van der Waals surface area contributed by atoms with Crippen LogP contribution in [0.15, 0.2) is 129 Å². The van der Waals surface area contributed by atoms with Crippen molar-refractivity contribution < 1.29 is 50.5 Å². The summed E-state index contributed by atoms with van der Waals surface area (Å²) in [6.07, 6.45) is 9.56. The summed E-state index contributed by atoms with van der Waals surface area (Å²) in [5.74, 6) is 0.349. The Hall–Kier alpha value is -3.03. The van der Waals surface area contributed by atoms with Crippen LogP contribution in [-0.4, -0.2) is 3.21 Å². The van der Waals surface area contributed by atoms with E-state index in [-0.39, 0.29) is 35.6 Å². The van der Waals surface area contributed by atoms with Gasteiger partial charge in [-0.05, 0) is 0 Å². The molecule has 1 unspecified atom stereocenters. The van der Waals surface area contributed by atoms with Crippen molar-refractivity contribution in [3.8, 4) is 11.1 Å². The number of furan rings is 1. The van der Waals surface area contributed by atoms with E-state index in [1.54, 1.807) is 15.3 Å². The molecule has 1 atom stereocenters. The third kappa shape index (κ3) is 6.62. The van der Waals surface area contributed by atoms with Gasteiger partial charge in [-0.3, -0.25) is 0 Å². The van der Waals surface area contributed by atoms with E-state index in [0.29, 0.717) is 5.92 Å². The minimum absolute atomic E-state index is 0. The summed E-state index contributed by atoms with van der Waals surface area (Å²) in [6.45, 7) is 16.6. The fourth-order valence-corrected chi connectivity index (χ4v) is 17.3. The molecule has 2 aliphatic rings. The Balaban J connectivity index is 0.00000225. The molecule has 0 spiro atoms. The maximum absolute atomic E-state index is 5.71. The van der Waals surface area contributed by atoms with Crippen LogP contribution in [0.2, 0.25) is 0 Å². The van der Waals surface area contributed by atoms with Gasteiger partial charge in [0, 0.05) is 0 Å². The molecule has 48 heavy (non-hydrogen) atoms. The maximum atomic E-state index is 5.71. The van der Waals surface area contributed by atoms with Gasteiger partial charge in [0.1, 0.15) is 0 Å². The molecule has 0 saturated carbocycles. The minimum atomic E-state index is -3.05. The summed E-state index contributed by atoms with van der Waals surface area (Å²) in [5, 5.41) is 0. The van der Waals surface area contributed by atoms with E-state index in [4.69, 9.17) is 4.42 Å². The first kappa shape index (κ1) is 36.3.